The number of hydrogen-bond acceptors (Lipinski definition) is 2. The van der Waals surface area contributed by atoms with Crippen LogP contribution in [-0.2, 0) is 10.8 Å². The van der Waals surface area contributed by atoms with Crippen LogP contribution in [0.1, 0.15) is 52.7 Å². The summed E-state index contributed by atoms with van der Waals surface area (Å²) in [6.07, 6.45) is 0. The molecular weight excluding hydrogens is 488 g/mol. The lowest BCUT2D eigenvalue weighted by Crippen LogP contribution is -2.31. The van der Waals surface area contributed by atoms with E-state index >= 15 is 0 Å². The average Bonchev–Trinajstić information content (AvgIpc) is 2.73. The second-order valence-corrected chi connectivity index (χ2v) is 18.0. The number of rotatable bonds is 3. The Hall–Kier alpha value is -0.103. The highest BCUT2D eigenvalue weighted by Crippen LogP contribution is 2.46. The SMILES string of the molecule is CC(C)(C)c1cc(-c2cc(Br)sc2Br)c(C(C)(C)C)cc1O[Si](C)(C)C. The van der Waals surface area contributed by atoms with Crippen molar-refractivity contribution in [3.63, 3.8) is 0 Å². The van der Waals surface area contributed by atoms with Crippen molar-refractivity contribution in [2.75, 3.05) is 0 Å². The summed E-state index contributed by atoms with van der Waals surface area (Å²) in [6.45, 7) is 20.3. The molecule has 0 unspecified atom stereocenters. The molecule has 5 heteroatoms. The third kappa shape index (κ3) is 5.24. The number of halogens is 2. The van der Waals surface area contributed by atoms with Crippen LogP contribution in [0.15, 0.2) is 25.8 Å². The molecule has 1 aromatic heterocycles. The van der Waals surface area contributed by atoms with Gasteiger partial charge in [0.15, 0.2) is 0 Å². The van der Waals surface area contributed by atoms with E-state index in [-0.39, 0.29) is 10.8 Å². The standard InChI is InChI=1S/C21H30Br2OSSi/c1-20(2,3)15-12-17(24-26(7,8)9)16(21(4,5)6)10-13(15)14-11-18(22)25-19(14)23/h10-12H,1-9H3. The zero-order valence-electron chi connectivity index (χ0n) is 17.3. The lowest BCUT2D eigenvalue weighted by molar-refractivity contribution is 0.502. The van der Waals surface area contributed by atoms with Crippen LogP contribution in [0, 0.1) is 0 Å². The zero-order valence-corrected chi connectivity index (χ0v) is 22.3. The monoisotopic (exact) mass is 516 g/mol. The van der Waals surface area contributed by atoms with Crippen LogP contribution in [0.2, 0.25) is 19.6 Å². The molecule has 0 saturated heterocycles. The molecule has 1 heterocycles. The van der Waals surface area contributed by atoms with E-state index in [2.05, 4.69) is 111 Å². The molecule has 0 aliphatic rings. The van der Waals surface area contributed by atoms with E-state index < -0.39 is 8.32 Å². The fraction of sp³-hybridized carbons (Fsp3) is 0.524. The van der Waals surface area contributed by atoms with E-state index in [4.69, 9.17) is 4.43 Å². The summed E-state index contributed by atoms with van der Waals surface area (Å²) >= 11 is 9.12. The molecule has 0 spiro atoms. The Balaban J connectivity index is 2.85. The highest BCUT2D eigenvalue weighted by molar-refractivity contribution is 9.12. The lowest BCUT2D eigenvalue weighted by Gasteiger charge is -2.32. The minimum Gasteiger partial charge on any atom is -0.544 e. The van der Waals surface area contributed by atoms with Crippen molar-refractivity contribution in [1.29, 1.82) is 0 Å². The van der Waals surface area contributed by atoms with Gasteiger partial charge < -0.3 is 4.43 Å². The van der Waals surface area contributed by atoms with Crippen LogP contribution in [-0.4, -0.2) is 8.32 Å². The Morgan fingerprint density at radius 3 is 1.73 bits per heavy atom. The van der Waals surface area contributed by atoms with Crippen LogP contribution >= 0.6 is 43.2 Å². The predicted molar refractivity (Wildman–Crippen MR) is 127 cm³/mol. The highest BCUT2D eigenvalue weighted by Gasteiger charge is 2.29. The van der Waals surface area contributed by atoms with Crippen molar-refractivity contribution in [3.05, 3.63) is 36.9 Å². The Morgan fingerprint density at radius 1 is 0.808 bits per heavy atom. The van der Waals surface area contributed by atoms with E-state index in [1.165, 1.54) is 22.3 Å². The summed E-state index contributed by atoms with van der Waals surface area (Å²) in [5.41, 5.74) is 5.18. The summed E-state index contributed by atoms with van der Waals surface area (Å²) in [4.78, 5) is 0. The lowest BCUT2D eigenvalue weighted by atomic mass is 9.77. The Labute approximate surface area is 180 Å². The van der Waals surface area contributed by atoms with Gasteiger partial charge in [0.2, 0.25) is 8.32 Å². The largest absolute Gasteiger partial charge is 0.544 e. The number of benzene rings is 1. The average molecular weight is 518 g/mol. The molecular formula is C21H30Br2OSSi. The smallest absolute Gasteiger partial charge is 0.242 e. The van der Waals surface area contributed by atoms with Gasteiger partial charge in [0.1, 0.15) is 5.75 Å². The second kappa shape index (κ2) is 7.38. The van der Waals surface area contributed by atoms with Crippen molar-refractivity contribution in [2.24, 2.45) is 0 Å². The Morgan fingerprint density at radius 2 is 1.35 bits per heavy atom. The Kier molecular flexibility index (Phi) is 6.30. The maximum atomic E-state index is 6.54. The van der Waals surface area contributed by atoms with Gasteiger partial charge in [-0.15, -0.1) is 11.3 Å². The summed E-state index contributed by atoms with van der Waals surface area (Å²) < 4.78 is 8.84. The number of thiophene rings is 1. The highest BCUT2D eigenvalue weighted by atomic mass is 79.9. The van der Waals surface area contributed by atoms with Gasteiger partial charge in [-0.1, -0.05) is 41.5 Å². The van der Waals surface area contributed by atoms with Gasteiger partial charge in [-0.05, 0) is 97.2 Å². The first kappa shape index (κ1) is 22.2. The molecule has 0 aliphatic heterocycles. The molecule has 1 nitrogen and oxygen atoms in total. The van der Waals surface area contributed by atoms with E-state index in [1.54, 1.807) is 11.3 Å². The van der Waals surface area contributed by atoms with E-state index in [0.29, 0.717) is 0 Å². The van der Waals surface area contributed by atoms with Crippen molar-refractivity contribution in [3.8, 4) is 16.9 Å². The third-order valence-corrected chi connectivity index (χ3v) is 7.27. The topological polar surface area (TPSA) is 9.23 Å². The maximum Gasteiger partial charge on any atom is 0.242 e. The van der Waals surface area contributed by atoms with Crippen LogP contribution in [0.5, 0.6) is 5.75 Å². The van der Waals surface area contributed by atoms with Gasteiger partial charge in [0, 0.05) is 5.56 Å². The first-order valence-corrected chi connectivity index (χ1v) is 14.7. The van der Waals surface area contributed by atoms with Crippen LogP contribution in [0.25, 0.3) is 11.1 Å². The minimum atomic E-state index is -1.71. The third-order valence-electron chi connectivity index (χ3n) is 4.10. The number of hydrogen-bond donors (Lipinski definition) is 0. The molecule has 0 saturated carbocycles. The molecule has 0 aliphatic carbocycles. The summed E-state index contributed by atoms with van der Waals surface area (Å²) in [5, 5.41) is 0. The minimum absolute atomic E-state index is 0.0138. The maximum absolute atomic E-state index is 6.54. The van der Waals surface area contributed by atoms with E-state index in [0.717, 1.165) is 13.3 Å². The fourth-order valence-corrected chi connectivity index (χ4v) is 6.62. The fourth-order valence-electron chi connectivity index (χ4n) is 2.95. The van der Waals surface area contributed by atoms with Crippen LogP contribution in [0.4, 0.5) is 0 Å². The first-order chi connectivity index (χ1) is 11.6. The molecule has 2 rings (SSSR count). The predicted octanol–water partition coefficient (Wildman–Crippen LogP) is 8.75. The molecule has 0 radical (unpaired) electrons. The van der Waals surface area contributed by atoms with E-state index in [1.807, 2.05) is 0 Å². The van der Waals surface area contributed by atoms with Crippen LogP contribution < -0.4 is 4.43 Å². The van der Waals surface area contributed by atoms with Crippen molar-refractivity contribution in [2.45, 2.75) is 72.0 Å². The molecule has 0 amide bonds. The van der Waals surface area contributed by atoms with Gasteiger partial charge in [-0.25, -0.2) is 0 Å². The van der Waals surface area contributed by atoms with Gasteiger partial charge in [0.25, 0.3) is 0 Å². The quantitative estimate of drug-likeness (QED) is 0.369. The van der Waals surface area contributed by atoms with Crippen molar-refractivity contribution < 1.29 is 4.43 Å². The van der Waals surface area contributed by atoms with Crippen LogP contribution in [0.3, 0.4) is 0 Å². The van der Waals surface area contributed by atoms with Crippen molar-refractivity contribution in [1.82, 2.24) is 0 Å². The van der Waals surface area contributed by atoms with Gasteiger partial charge >= 0.3 is 0 Å². The normalized spacial score (nSPS) is 13.2. The summed E-state index contributed by atoms with van der Waals surface area (Å²) in [5.74, 6) is 1.05. The Bertz CT molecular complexity index is 805. The summed E-state index contributed by atoms with van der Waals surface area (Å²) in [6, 6.07) is 6.87. The van der Waals surface area contributed by atoms with Gasteiger partial charge in [-0.3, -0.25) is 0 Å². The molecule has 144 valence electrons. The van der Waals surface area contributed by atoms with E-state index in [9.17, 15) is 0 Å². The summed E-state index contributed by atoms with van der Waals surface area (Å²) in [7, 11) is -1.71. The second-order valence-electron chi connectivity index (χ2n) is 9.85. The molecule has 0 bridgehead atoms. The molecule has 1 aromatic carbocycles. The van der Waals surface area contributed by atoms with Gasteiger partial charge in [-0.2, -0.15) is 0 Å². The zero-order chi connectivity index (χ0) is 20.1. The molecule has 0 N–H and O–H groups in total. The molecule has 0 fully saturated rings. The first-order valence-electron chi connectivity index (χ1n) is 8.93. The van der Waals surface area contributed by atoms with Gasteiger partial charge in [0.05, 0.1) is 7.57 Å². The molecule has 26 heavy (non-hydrogen) atoms. The van der Waals surface area contributed by atoms with Crippen molar-refractivity contribution >= 4 is 51.5 Å². The molecule has 0 atom stereocenters. The molecule has 2 aromatic rings.